The van der Waals surface area contributed by atoms with Gasteiger partial charge in [-0.3, -0.25) is 4.79 Å². The highest BCUT2D eigenvalue weighted by Gasteiger charge is 2.32. The van der Waals surface area contributed by atoms with Gasteiger partial charge in [0.25, 0.3) is 0 Å². The molecule has 0 aromatic rings. The lowest BCUT2D eigenvalue weighted by molar-refractivity contribution is -0.133. The van der Waals surface area contributed by atoms with Crippen molar-refractivity contribution in [2.24, 2.45) is 0 Å². The average Bonchev–Trinajstić information content (AvgIpc) is 2.62. The maximum absolute atomic E-state index is 12.2. The molecular weight excluding hydrogens is 204 g/mol. The zero-order chi connectivity index (χ0) is 11.4. The van der Waals surface area contributed by atoms with E-state index in [1.165, 1.54) is 12.8 Å². The van der Waals surface area contributed by atoms with Gasteiger partial charge < -0.3 is 15.0 Å². The zero-order valence-corrected chi connectivity index (χ0v) is 10.1. The van der Waals surface area contributed by atoms with Gasteiger partial charge in [0.1, 0.15) is 0 Å². The van der Waals surface area contributed by atoms with E-state index in [2.05, 4.69) is 5.32 Å². The van der Waals surface area contributed by atoms with Crippen molar-refractivity contribution in [1.29, 1.82) is 0 Å². The van der Waals surface area contributed by atoms with Gasteiger partial charge in [-0.2, -0.15) is 0 Å². The fraction of sp³-hybridized carbons (Fsp3) is 0.917. The lowest BCUT2D eigenvalue weighted by atomic mass is 10.1. The number of ether oxygens (including phenoxy) is 1. The average molecular weight is 226 g/mol. The summed E-state index contributed by atoms with van der Waals surface area (Å²) < 4.78 is 5.27. The van der Waals surface area contributed by atoms with Crippen molar-refractivity contribution < 1.29 is 9.53 Å². The summed E-state index contributed by atoms with van der Waals surface area (Å²) in [5.74, 6) is 0.279. The van der Waals surface area contributed by atoms with E-state index in [4.69, 9.17) is 4.74 Å². The normalized spacial score (nSPS) is 31.4. The molecule has 2 heterocycles. The molecule has 2 saturated heterocycles. The van der Waals surface area contributed by atoms with E-state index in [0.29, 0.717) is 0 Å². The van der Waals surface area contributed by atoms with Crippen LogP contribution in [0.4, 0.5) is 0 Å². The number of hydrogen-bond acceptors (Lipinski definition) is 3. The Kier molecular flexibility index (Phi) is 4.18. The third-order valence-electron chi connectivity index (χ3n) is 3.64. The predicted octanol–water partition coefficient (Wildman–Crippen LogP) is 0.766. The van der Waals surface area contributed by atoms with Crippen LogP contribution < -0.4 is 5.32 Å². The number of hydrogen-bond donors (Lipinski definition) is 1. The molecule has 2 rings (SSSR count). The van der Waals surface area contributed by atoms with Gasteiger partial charge in [0.15, 0.2) is 0 Å². The summed E-state index contributed by atoms with van der Waals surface area (Å²) in [5.41, 5.74) is 0. The Morgan fingerprint density at radius 1 is 1.25 bits per heavy atom. The third kappa shape index (κ3) is 2.74. The van der Waals surface area contributed by atoms with Gasteiger partial charge in [-0.05, 0) is 19.3 Å². The van der Waals surface area contributed by atoms with Crippen molar-refractivity contribution in [1.82, 2.24) is 10.2 Å². The molecule has 2 atom stereocenters. The van der Waals surface area contributed by atoms with Crippen molar-refractivity contribution in [3.8, 4) is 0 Å². The second-order valence-corrected chi connectivity index (χ2v) is 4.79. The van der Waals surface area contributed by atoms with E-state index in [9.17, 15) is 4.79 Å². The van der Waals surface area contributed by atoms with Crippen molar-refractivity contribution in [2.75, 3.05) is 26.7 Å². The van der Waals surface area contributed by atoms with Crippen molar-refractivity contribution in [2.45, 2.75) is 44.2 Å². The van der Waals surface area contributed by atoms with Crippen molar-refractivity contribution in [3.05, 3.63) is 0 Å². The Morgan fingerprint density at radius 3 is 2.50 bits per heavy atom. The second kappa shape index (κ2) is 5.64. The Hall–Kier alpha value is -0.610. The highest BCUT2D eigenvalue weighted by atomic mass is 16.5. The van der Waals surface area contributed by atoms with E-state index >= 15 is 0 Å². The molecule has 2 aliphatic heterocycles. The van der Waals surface area contributed by atoms with Gasteiger partial charge >= 0.3 is 0 Å². The van der Waals surface area contributed by atoms with Gasteiger partial charge in [0.05, 0.1) is 12.1 Å². The van der Waals surface area contributed by atoms with Gasteiger partial charge in [-0.15, -0.1) is 0 Å². The summed E-state index contributed by atoms with van der Waals surface area (Å²) in [6.45, 7) is 2.68. The maximum atomic E-state index is 12.2. The highest BCUT2D eigenvalue weighted by molar-refractivity contribution is 5.82. The molecule has 2 fully saturated rings. The summed E-state index contributed by atoms with van der Waals surface area (Å²) in [4.78, 5) is 14.3. The molecule has 92 valence electrons. The standard InChI is InChI=1S/C12H22N2O2/c1-16-10-8-11(13-9-10)12(15)14-6-4-2-3-5-7-14/h10-11,13H,2-9H2,1H3. The molecule has 0 aromatic carbocycles. The molecule has 2 aliphatic rings. The van der Waals surface area contributed by atoms with Crippen LogP contribution in [0.5, 0.6) is 0 Å². The van der Waals surface area contributed by atoms with E-state index in [1.807, 2.05) is 4.90 Å². The van der Waals surface area contributed by atoms with Crippen LogP contribution in [0.15, 0.2) is 0 Å². The number of amides is 1. The molecule has 2 unspecified atom stereocenters. The number of methoxy groups -OCH3 is 1. The fourth-order valence-corrected chi connectivity index (χ4v) is 2.58. The number of likely N-dealkylation sites (tertiary alicyclic amines) is 1. The molecule has 4 nitrogen and oxygen atoms in total. The number of carbonyl (C=O) groups excluding carboxylic acids is 1. The summed E-state index contributed by atoms with van der Waals surface area (Å²) in [6.07, 6.45) is 5.89. The van der Waals surface area contributed by atoms with E-state index < -0.39 is 0 Å². The number of rotatable bonds is 2. The fourth-order valence-electron chi connectivity index (χ4n) is 2.58. The van der Waals surface area contributed by atoms with Crippen LogP contribution >= 0.6 is 0 Å². The smallest absolute Gasteiger partial charge is 0.239 e. The quantitative estimate of drug-likeness (QED) is 0.756. The molecule has 0 spiro atoms. The van der Waals surface area contributed by atoms with E-state index in [-0.39, 0.29) is 18.1 Å². The zero-order valence-electron chi connectivity index (χ0n) is 10.1. The highest BCUT2D eigenvalue weighted by Crippen LogP contribution is 2.15. The Morgan fingerprint density at radius 2 is 1.94 bits per heavy atom. The minimum absolute atomic E-state index is 0.0111. The molecule has 0 aromatic heterocycles. The Labute approximate surface area is 97.3 Å². The van der Waals surface area contributed by atoms with Gasteiger partial charge in [-0.25, -0.2) is 0 Å². The molecule has 1 N–H and O–H groups in total. The van der Waals surface area contributed by atoms with Gasteiger partial charge in [-0.1, -0.05) is 12.8 Å². The summed E-state index contributed by atoms with van der Waals surface area (Å²) in [7, 11) is 1.71. The van der Waals surface area contributed by atoms with Crippen LogP contribution in [0.25, 0.3) is 0 Å². The molecule has 1 amide bonds. The van der Waals surface area contributed by atoms with Crippen molar-refractivity contribution >= 4 is 5.91 Å². The lowest BCUT2D eigenvalue weighted by Crippen LogP contribution is -2.43. The molecule has 0 bridgehead atoms. The maximum Gasteiger partial charge on any atom is 0.239 e. The number of nitrogens with zero attached hydrogens (tertiary/aromatic N) is 1. The van der Waals surface area contributed by atoms with E-state index in [0.717, 1.165) is 38.9 Å². The molecule has 0 saturated carbocycles. The van der Waals surface area contributed by atoms with Gasteiger partial charge in [0.2, 0.25) is 5.91 Å². The van der Waals surface area contributed by atoms with Crippen molar-refractivity contribution in [3.63, 3.8) is 0 Å². The van der Waals surface area contributed by atoms with Crippen LogP contribution in [-0.2, 0) is 9.53 Å². The van der Waals surface area contributed by atoms with E-state index in [1.54, 1.807) is 7.11 Å². The number of carbonyl (C=O) groups is 1. The summed E-state index contributed by atoms with van der Waals surface area (Å²) in [6, 6.07) is -0.0111. The number of nitrogens with one attached hydrogen (secondary N) is 1. The SMILES string of the molecule is COC1CNC(C(=O)N2CCCCCC2)C1. The first-order valence-electron chi connectivity index (χ1n) is 6.36. The largest absolute Gasteiger partial charge is 0.380 e. The summed E-state index contributed by atoms with van der Waals surface area (Å²) >= 11 is 0. The first-order valence-corrected chi connectivity index (χ1v) is 6.36. The predicted molar refractivity (Wildman–Crippen MR) is 62.3 cm³/mol. The monoisotopic (exact) mass is 226 g/mol. The summed E-state index contributed by atoms with van der Waals surface area (Å²) in [5, 5.41) is 3.26. The van der Waals surface area contributed by atoms with Crippen LogP contribution in [0.3, 0.4) is 0 Å². The molecule has 4 heteroatoms. The minimum atomic E-state index is -0.0111. The first-order chi connectivity index (χ1) is 7.81. The Balaban J connectivity index is 1.86. The Bertz CT molecular complexity index is 237. The molecular formula is C12H22N2O2. The molecule has 0 radical (unpaired) electrons. The van der Waals surface area contributed by atoms with Crippen LogP contribution in [0.1, 0.15) is 32.1 Å². The third-order valence-corrected chi connectivity index (χ3v) is 3.64. The molecule has 16 heavy (non-hydrogen) atoms. The van der Waals surface area contributed by atoms with Crippen LogP contribution in [-0.4, -0.2) is 49.7 Å². The van der Waals surface area contributed by atoms with Gasteiger partial charge in [0, 0.05) is 26.7 Å². The first kappa shape index (κ1) is 11.9. The molecule has 0 aliphatic carbocycles. The lowest BCUT2D eigenvalue weighted by Gasteiger charge is -2.23. The topological polar surface area (TPSA) is 41.6 Å². The second-order valence-electron chi connectivity index (χ2n) is 4.79. The van der Waals surface area contributed by atoms with Crippen LogP contribution in [0.2, 0.25) is 0 Å². The minimum Gasteiger partial charge on any atom is -0.380 e. The van der Waals surface area contributed by atoms with Crippen LogP contribution in [0, 0.1) is 0 Å².